The monoisotopic (exact) mass is 410 g/mol. The predicted molar refractivity (Wildman–Crippen MR) is 107 cm³/mol. The van der Waals surface area contributed by atoms with Gasteiger partial charge in [0.1, 0.15) is 0 Å². The van der Waals surface area contributed by atoms with Gasteiger partial charge in [0.15, 0.2) is 11.6 Å². The highest BCUT2D eigenvalue weighted by atomic mass is 32.2. The van der Waals surface area contributed by atoms with Crippen molar-refractivity contribution in [3.05, 3.63) is 59.7 Å². The van der Waals surface area contributed by atoms with Crippen LogP contribution in [0.2, 0.25) is 0 Å². The molecular weight excluding hydrogens is 386 g/mol. The summed E-state index contributed by atoms with van der Waals surface area (Å²) >= 11 is 0. The molecule has 5 nitrogen and oxygen atoms in total. The predicted octanol–water partition coefficient (Wildman–Crippen LogP) is 4.27. The topological polar surface area (TPSA) is 66.5 Å². The molecule has 0 aliphatic rings. The minimum absolute atomic E-state index is 0.0195. The molecule has 1 N–H and O–H groups in total. The number of rotatable bonds is 8. The molecule has 0 aromatic heterocycles. The van der Waals surface area contributed by atoms with Crippen molar-refractivity contribution in [2.75, 3.05) is 22.4 Å². The molecule has 0 saturated heterocycles. The van der Waals surface area contributed by atoms with Gasteiger partial charge in [-0.15, -0.1) is 0 Å². The Kier molecular flexibility index (Phi) is 7.12. The van der Waals surface area contributed by atoms with E-state index < -0.39 is 21.7 Å². The number of amides is 1. The molecule has 0 unspecified atom stereocenters. The maximum atomic E-state index is 13.4. The van der Waals surface area contributed by atoms with E-state index in [1.54, 1.807) is 0 Å². The lowest BCUT2D eigenvalue weighted by Crippen LogP contribution is -2.31. The summed E-state index contributed by atoms with van der Waals surface area (Å²) < 4.78 is 51.5. The van der Waals surface area contributed by atoms with Crippen LogP contribution in [0.15, 0.2) is 42.5 Å². The van der Waals surface area contributed by atoms with Gasteiger partial charge in [-0.05, 0) is 42.2 Å². The molecule has 2 aromatic rings. The maximum Gasteiger partial charge on any atom is 0.232 e. The van der Waals surface area contributed by atoms with Gasteiger partial charge in [-0.2, -0.15) is 0 Å². The number of carbonyl (C=O) groups is 1. The molecule has 28 heavy (non-hydrogen) atoms. The van der Waals surface area contributed by atoms with Crippen LogP contribution in [0.1, 0.15) is 38.2 Å². The maximum absolute atomic E-state index is 13.4. The fraction of sp³-hybridized carbons (Fsp3) is 0.350. The number of hydrogen-bond acceptors (Lipinski definition) is 3. The summed E-state index contributed by atoms with van der Waals surface area (Å²) in [6.07, 6.45) is 1.29. The second-order valence-corrected chi connectivity index (χ2v) is 8.77. The van der Waals surface area contributed by atoms with Gasteiger partial charge in [0, 0.05) is 24.7 Å². The largest absolute Gasteiger partial charge is 0.326 e. The SMILES string of the molecule is CC(C)c1ccc(NC(=O)CCCN(c2ccc(F)c(F)c2)S(C)(=O)=O)cc1. The molecule has 2 aromatic carbocycles. The minimum atomic E-state index is -3.70. The summed E-state index contributed by atoms with van der Waals surface area (Å²) in [7, 11) is -3.70. The minimum Gasteiger partial charge on any atom is -0.326 e. The smallest absolute Gasteiger partial charge is 0.232 e. The van der Waals surface area contributed by atoms with E-state index in [1.807, 2.05) is 24.3 Å². The molecule has 8 heteroatoms. The second kappa shape index (κ2) is 9.14. The molecule has 0 saturated carbocycles. The Hall–Kier alpha value is -2.48. The van der Waals surface area contributed by atoms with Crippen LogP contribution in [0.3, 0.4) is 0 Å². The molecule has 0 radical (unpaired) electrons. The van der Waals surface area contributed by atoms with Crippen molar-refractivity contribution in [2.24, 2.45) is 0 Å². The molecule has 0 bridgehead atoms. The van der Waals surface area contributed by atoms with Crippen molar-refractivity contribution < 1.29 is 22.0 Å². The molecular formula is C20H24F2N2O3S. The lowest BCUT2D eigenvalue weighted by Gasteiger charge is -2.22. The first-order valence-electron chi connectivity index (χ1n) is 8.90. The van der Waals surface area contributed by atoms with Crippen molar-refractivity contribution in [2.45, 2.75) is 32.6 Å². The van der Waals surface area contributed by atoms with Crippen molar-refractivity contribution in [3.8, 4) is 0 Å². The fourth-order valence-corrected chi connectivity index (χ4v) is 3.64. The first-order chi connectivity index (χ1) is 13.1. The summed E-state index contributed by atoms with van der Waals surface area (Å²) in [5.74, 6) is -2.05. The van der Waals surface area contributed by atoms with Crippen LogP contribution in [0.4, 0.5) is 20.2 Å². The standard InChI is InChI=1S/C20H24F2N2O3S/c1-14(2)15-6-8-16(9-7-15)23-20(25)5-4-12-24(28(3,26)27)17-10-11-18(21)19(22)13-17/h6-11,13-14H,4-5,12H2,1-3H3,(H,23,25). The van der Waals surface area contributed by atoms with Crippen LogP contribution in [0.25, 0.3) is 0 Å². The van der Waals surface area contributed by atoms with E-state index in [9.17, 15) is 22.0 Å². The Morgan fingerprint density at radius 1 is 1.07 bits per heavy atom. The lowest BCUT2D eigenvalue weighted by molar-refractivity contribution is -0.116. The fourth-order valence-electron chi connectivity index (χ4n) is 2.68. The highest BCUT2D eigenvalue weighted by Gasteiger charge is 2.19. The normalized spacial score (nSPS) is 11.5. The Morgan fingerprint density at radius 3 is 2.25 bits per heavy atom. The lowest BCUT2D eigenvalue weighted by atomic mass is 10.0. The molecule has 0 atom stereocenters. The Morgan fingerprint density at radius 2 is 1.71 bits per heavy atom. The Balaban J connectivity index is 1.96. The molecule has 152 valence electrons. The van der Waals surface area contributed by atoms with Crippen LogP contribution < -0.4 is 9.62 Å². The molecule has 0 heterocycles. The number of benzene rings is 2. The molecule has 0 aliphatic carbocycles. The zero-order chi connectivity index (χ0) is 20.9. The van der Waals surface area contributed by atoms with Gasteiger partial charge >= 0.3 is 0 Å². The molecule has 0 aliphatic heterocycles. The summed E-state index contributed by atoms with van der Waals surface area (Å²) in [5.41, 5.74) is 1.84. The average molecular weight is 410 g/mol. The van der Waals surface area contributed by atoms with E-state index in [1.165, 1.54) is 6.07 Å². The van der Waals surface area contributed by atoms with E-state index in [-0.39, 0.29) is 31.0 Å². The van der Waals surface area contributed by atoms with Crippen LogP contribution in [0, 0.1) is 11.6 Å². The number of hydrogen-bond donors (Lipinski definition) is 1. The second-order valence-electron chi connectivity index (χ2n) is 6.86. The van der Waals surface area contributed by atoms with E-state index >= 15 is 0 Å². The van der Waals surface area contributed by atoms with Crippen LogP contribution in [-0.4, -0.2) is 27.1 Å². The molecule has 2 rings (SSSR count). The van der Waals surface area contributed by atoms with E-state index in [2.05, 4.69) is 19.2 Å². The van der Waals surface area contributed by atoms with Crippen LogP contribution in [0.5, 0.6) is 0 Å². The molecule has 1 amide bonds. The zero-order valence-electron chi connectivity index (χ0n) is 16.1. The third-order valence-corrected chi connectivity index (χ3v) is 5.41. The highest BCUT2D eigenvalue weighted by Crippen LogP contribution is 2.21. The summed E-state index contributed by atoms with van der Waals surface area (Å²) in [6.45, 7) is 4.13. The summed E-state index contributed by atoms with van der Waals surface area (Å²) in [4.78, 5) is 12.1. The Labute approximate surface area is 164 Å². The molecule has 0 fully saturated rings. The number of nitrogens with zero attached hydrogens (tertiary/aromatic N) is 1. The van der Waals surface area contributed by atoms with Gasteiger partial charge in [-0.25, -0.2) is 17.2 Å². The van der Waals surface area contributed by atoms with Crippen LogP contribution >= 0.6 is 0 Å². The van der Waals surface area contributed by atoms with Gasteiger partial charge < -0.3 is 5.32 Å². The summed E-state index contributed by atoms with van der Waals surface area (Å²) in [5, 5.41) is 2.76. The Bertz CT molecular complexity index is 929. The van der Waals surface area contributed by atoms with Crippen molar-refractivity contribution in [1.29, 1.82) is 0 Å². The van der Waals surface area contributed by atoms with E-state index in [0.29, 0.717) is 11.6 Å². The van der Waals surface area contributed by atoms with E-state index in [4.69, 9.17) is 0 Å². The van der Waals surface area contributed by atoms with Crippen LogP contribution in [-0.2, 0) is 14.8 Å². The van der Waals surface area contributed by atoms with Gasteiger partial charge in [-0.3, -0.25) is 9.10 Å². The number of sulfonamides is 1. The number of nitrogens with one attached hydrogen (secondary N) is 1. The highest BCUT2D eigenvalue weighted by molar-refractivity contribution is 7.92. The third-order valence-electron chi connectivity index (χ3n) is 4.22. The van der Waals surface area contributed by atoms with Gasteiger partial charge in [0.25, 0.3) is 0 Å². The number of anilines is 2. The zero-order valence-corrected chi connectivity index (χ0v) is 16.9. The molecule has 0 spiro atoms. The average Bonchev–Trinajstić information content (AvgIpc) is 2.60. The van der Waals surface area contributed by atoms with Gasteiger partial charge in [0.2, 0.25) is 15.9 Å². The number of halogens is 2. The third kappa shape index (κ3) is 6.02. The first-order valence-corrected chi connectivity index (χ1v) is 10.8. The quantitative estimate of drug-likeness (QED) is 0.707. The van der Waals surface area contributed by atoms with Gasteiger partial charge in [0.05, 0.1) is 11.9 Å². The van der Waals surface area contributed by atoms with Gasteiger partial charge in [-0.1, -0.05) is 26.0 Å². The summed E-state index contributed by atoms with van der Waals surface area (Å²) in [6, 6.07) is 10.4. The van der Waals surface area contributed by atoms with E-state index in [0.717, 1.165) is 28.3 Å². The number of carbonyl (C=O) groups excluding carboxylic acids is 1. The van der Waals surface area contributed by atoms with Crippen molar-refractivity contribution in [1.82, 2.24) is 0 Å². The van der Waals surface area contributed by atoms with Crippen molar-refractivity contribution >= 4 is 27.3 Å². The first kappa shape index (κ1) is 21.8. The van der Waals surface area contributed by atoms with Crippen molar-refractivity contribution in [3.63, 3.8) is 0 Å².